The molecule has 1 unspecified atom stereocenters. The second kappa shape index (κ2) is 6.85. The molecule has 1 aromatic heterocycles. The lowest BCUT2D eigenvalue weighted by molar-refractivity contribution is -0.123. The van der Waals surface area contributed by atoms with Gasteiger partial charge in [0.15, 0.2) is 5.78 Å². The Morgan fingerprint density at radius 3 is 2.58 bits per heavy atom. The van der Waals surface area contributed by atoms with Crippen molar-refractivity contribution in [3.8, 4) is 0 Å². The summed E-state index contributed by atoms with van der Waals surface area (Å²) < 4.78 is 1.97. The van der Waals surface area contributed by atoms with Crippen molar-refractivity contribution >= 4 is 5.78 Å². The molecule has 0 radical (unpaired) electrons. The summed E-state index contributed by atoms with van der Waals surface area (Å²) in [6, 6.07) is 2.35. The van der Waals surface area contributed by atoms with Crippen LogP contribution in [0.1, 0.15) is 65.1 Å². The van der Waals surface area contributed by atoms with Gasteiger partial charge in [-0.05, 0) is 32.3 Å². The lowest BCUT2D eigenvalue weighted by Gasteiger charge is -2.21. The van der Waals surface area contributed by atoms with E-state index in [4.69, 9.17) is 5.73 Å². The Kier molecular flexibility index (Phi) is 5.73. The molecule has 0 aliphatic heterocycles. The number of nitrogens with two attached hydrogens (primary N) is 1. The van der Waals surface area contributed by atoms with Gasteiger partial charge in [0.25, 0.3) is 0 Å². The van der Waals surface area contributed by atoms with Crippen LogP contribution < -0.4 is 5.73 Å². The minimum absolute atomic E-state index is 0.0733. The minimum Gasteiger partial charge on any atom is -0.319 e. The van der Waals surface area contributed by atoms with Crippen molar-refractivity contribution < 1.29 is 4.79 Å². The molecular weight excluding hydrogens is 238 g/mol. The molecule has 1 atom stereocenters. The van der Waals surface area contributed by atoms with Crippen molar-refractivity contribution in [2.45, 2.75) is 71.4 Å². The largest absolute Gasteiger partial charge is 0.319 e. The summed E-state index contributed by atoms with van der Waals surface area (Å²) in [6.45, 7) is 8.16. The highest BCUT2D eigenvalue weighted by molar-refractivity contribution is 5.89. The fourth-order valence-corrected chi connectivity index (χ4v) is 2.36. The smallest absolute Gasteiger partial charge is 0.158 e. The van der Waals surface area contributed by atoms with Crippen LogP contribution in [-0.4, -0.2) is 21.1 Å². The first kappa shape index (κ1) is 15.9. The van der Waals surface area contributed by atoms with Gasteiger partial charge in [0.1, 0.15) is 0 Å². The van der Waals surface area contributed by atoms with Crippen LogP contribution >= 0.6 is 0 Å². The van der Waals surface area contributed by atoms with Gasteiger partial charge in [-0.15, -0.1) is 0 Å². The number of Topliss-reactive ketones (excluding diaryl/α,β-unsaturated/α-hetero) is 1. The molecule has 0 saturated carbocycles. The van der Waals surface area contributed by atoms with Gasteiger partial charge in [-0.3, -0.25) is 9.48 Å². The molecule has 2 N–H and O–H groups in total. The molecule has 1 rings (SSSR count). The predicted octanol–water partition coefficient (Wildman–Crippen LogP) is 2.87. The van der Waals surface area contributed by atoms with E-state index >= 15 is 0 Å². The maximum Gasteiger partial charge on any atom is 0.158 e. The van der Waals surface area contributed by atoms with Crippen molar-refractivity contribution in [2.75, 3.05) is 0 Å². The molecule has 4 heteroatoms. The van der Waals surface area contributed by atoms with Crippen molar-refractivity contribution in [1.29, 1.82) is 0 Å². The fraction of sp³-hybridized carbons (Fsp3) is 0.733. The first-order valence-electron chi connectivity index (χ1n) is 7.30. The Hall–Kier alpha value is -1.16. The Balaban J connectivity index is 2.71. The zero-order valence-electron chi connectivity index (χ0n) is 12.6. The van der Waals surface area contributed by atoms with Crippen LogP contribution in [0.4, 0.5) is 0 Å². The number of rotatable bonds is 8. The van der Waals surface area contributed by atoms with Crippen molar-refractivity contribution in [3.63, 3.8) is 0 Å². The van der Waals surface area contributed by atoms with E-state index in [1.54, 1.807) is 0 Å². The van der Waals surface area contributed by atoms with Crippen LogP contribution in [0.2, 0.25) is 0 Å². The summed E-state index contributed by atoms with van der Waals surface area (Å²) >= 11 is 0. The quantitative estimate of drug-likeness (QED) is 0.786. The molecule has 0 aromatic carbocycles. The molecule has 0 bridgehead atoms. The molecule has 0 aliphatic rings. The lowest BCUT2D eigenvalue weighted by Crippen LogP contribution is -2.45. The second-order valence-corrected chi connectivity index (χ2v) is 5.52. The number of nitrogens with zero attached hydrogens (tertiary/aromatic N) is 2. The van der Waals surface area contributed by atoms with Crippen LogP contribution in [-0.2, 0) is 11.2 Å². The summed E-state index contributed by atoms with van der Waals surface area (Å²) in [5, 5.41) is 4.51. The van der Waals surface area contributed by atoms with Crippen LogP contribution in [0.5, 0.6) is 0 Å². The molecule has 0 fully saturated rings. The van der Waals surface area contributed by atoms with Gasteiger partial charge < -0.3 is 5.73 Å². The average Bonchev–Trinajstić information content (AvgIpc) is 2.79. The molecule has 1 aromatic rings. The third-order valence-electron chi connectivity index (χ3n) is 3.73. The van der Waals surface area contributed by atoms with Crippen LogP contribution in [0.25, 0.3) is 0 Å². The first-order chi connectivity index (χ1) is 8.94. The molecule has 0 spiro atoms. The Labute approximate surface area is 116 Å². The second-order valence-electron chi connectivity index (χ2n) is 5.52. The SMILES string of the molecule is CCCC(C)(N)C(=O)Cc1ccn(C(CC)CC)n1. The van der Waals surface area contributed by atoms with E-state index in [-0.39, 0.29) is 5.78 Å². The standard InChI is InChI=1S/C15H27N3O/c1-5-9-15(4,16)14(19)11-12-8-10-18(17-12)13(6-2)7-3/h8,10,13H,5-7,9,11,16H2,1-4H3. The van der Waals surface area contributed by atoms with Gasteiger partial charge in [-0.1, -0.05) is 27.2 Å². The number of hydrogen-bond acceptors (Lipinski definition) is 3. The van der Waals surface area contributed by atoms with Gasteiger partial charge in [-0.2, -0.15) is 5.10 Å². The van der Waals surface area contributed by atoms with E-state index in [1.165, 1.54) is 0 Å². The van der Waals surface area contributed by atoms with Crippen molar-refractivity contribution in [2.24, 2.45) is 5.73 Å². The number of ketones is 1. The molecule has 0 aliphatic carbocycles. The van der Waals surface area contributed by atoms with E-state index in [0.29, 0.717) is 12.5 Å². The zero-order valence-corrected chi connectivity index (χ0v) is 12.6. The van der Waals surface area contributed by atoms with E-state index < -0.39 is 5.54 Å². The van der Waals surface area contributed by atoms with Gasteiger partial charge in [0, 0.05) is 6.20 Å². The third-order valence-corrected chi connectivity index (χ3v) is 3.73. The first-order valence-corrected chi connectivity index (χ1v) is 7.30. The highest BCUT2D eigenvalue weighted by Gasteiger charge is 2.27. The average molecular weight is 265 g/mol. The topological polar surface area (TPSA) is 60.9 Å². The summed E-state index contributed by atoms with van der Waals surface area (Å²) in [4.78, 5) is 12.2. The third kappa shape index (κ3) is 4.16. The highest BCUT2D eigenvalue weighted by Crippen LogP contribution is 2.16. The maximum atomic E-state index is 12.2. The molecule has 19 heavy (non-hydrogen) atoms. The van der Waals surface area contributed by atoms with E-state index in [9.17, 15) is 4.79 Å². The molecule has 0 saturated heterocycles. The Bertz CT molecular complexity index is 405. The fourth-order valence-electron chi connectivity index (χ4n) is 2.36. The number of carbonyl (C=O) groups excluding carboxylic acids is 1. The number of aromatic nitrogens is 2. The molecule has 0 amide bonds. The summed E-state index contributed by atoms with van der Waals surface area (Å²) in [5.41, 5.74) is 6.15. The summed E-state index contributed by atoms with van der Waals surface area (Å²) in [7, 11) is 0. The van der Waals surface area contributed by atoms with Gasteiger partial charge in [0.2, 0.25) is 0 Å². The number of carbonyl (C=O) groups is 1. The molecule has 4 nitrogen and oxygen atoms in total. The van der Waals surface area contributed by atoms with E-state index in [0.717, 1.165) is 31.4 Å². The molecular formula is C15H27N3O. The van der Waals surface area contributed by atoms with Crippen LogP contribution in [0, 0.1) is 0 Å². The van der Waals surface area contributed by atoms with Crippen molar-refractivity contribution in [3.05, 3.63) is 18.0 Å². The van der Waals surface area contributed by atoms with Gasteiger partial charge in [-0.25, -0.2) is 0 Å². The minimum atomic E-state index is -0.729. The lowest BCUT2D eigenvalue weighted by atomic mass is 9.90. The molecule has 108 valence electrons. The zero-order chi connectivity index (χ0) is 14.5. The van der Waals surface area contributed by atoms with Crippen molar-refractivity contribution in [1.82, 2.24) is 9.78 Å². The highest BCUT2D eigenvalue weighted by atomic mass is 16.1. The summed E-state index contributed by atoms with van der Waals surface area (Å²) in [6.07, 6.45) is 6.04. The normalized spacial score (nSPS) is 14.6. The van der Waals surface area contributed by atoms with Crippen LogP contribution in [0.15, 0.2) is 12.3 Å². The van der Waals surface area contributed by atoms with Crippen LogP contribution in [0.3, 0.4) is 0 Å². The molecule has 1 heterocycles. The Morgan fingerprint density at radius 1 is 1.42 bits per heavy atom. The monoisotopic (exact) mass is 265 g/mol. The maximum absolute atomic E-state index is 12.2. The van der Waals surface area contributed by atoms with Gasteiger partial charge in [0.05, 0.1) is 23.7 Å². The predicted molar refractivity (Wildman–Crippen MR) is 78.1 cm³/mol. The van der Waals surface area contributed by atoms with E-state index in [1.807, 2.05) is 30.8 Å². The number of hydrogen-bond donors (Lipinski definition) is 1. The van der Waals surface area contributed by atoms with Gasteiger partial charge >= 0.3 is 0 Å². The van der Waals surface area contributed by atoms with E-state index in [2.05, 4.69) is 18.9 Å². The Morgan fingerprint density at radius 2 is 2.05 bits per heavy atom. The summed E-state index contributed by atoms with van der Waals surface area (Å²) in [5.74, 6) is 0.0733.